The van der Waals surface area contributed by atoms with Gasteiger partial charge in [0.05, 0.1) is 12.5 Å². The largest absolute Gasteiger partial charge is 0.353 e. The number of carbonyl (C=O) groups is 1. The summed E-state index contributed by atoms with van der Waals surface area (Å²) in [4.78, 5) is 29.2. The Hall–Kier alpha value is -2.97. The van der Waals surface area contributed by atoms with Crippen LogP contribution in [0.5, 0.6) is 0 Å². The van der Waals surface area contributed by atoms with E-state index in [2.05, 4.69) is 25.0 Å². The smallest absolute Gasteiger partial charge is 0.272 e. The van der Waals surface area contributed by atoms with Crippen LogP contribution in [0.3, 0.4) is 0 Å². The highest BCUT2D eigenvalue weighted by atomic mass is 16.2. The van der Waals surface area contributed by atoms with Gasteiger partial charge in [-0.2, -0.15) is 14.6 Å². The van der Waals surface area contributed by atoms with Gasteiger partial charge in [0, 0.05) is 45.0 Å². The molecule has 0 atom stereocenters. The van der Waals surface area contributed by atoms with Crippen LogP contribution in [0, 0.1) is 6.92 Å². The Morgan fingerprint density at radius 2 is 2.00 bits per heavy atom. The number of rotatable bonds is 2. The number of amides is 1. The van der Waals surface area contributed by atoms with Crippen molar-refractivity contribution in [3.8, 4) is 0 Å². The summed E-state index contributed by atoms with van der Waals surface area (Å²) >= 11 is 0. The van der Waals surface area contributed by atoms with Gasteiger partial charge in [-0.25, -0.2) is 9.97 Å². The summed E-state index contributed by atoms with van der Waals surface area (Å²) < 4.78 is 3.49. The van der Waals surface area contributed by atoms with Crippen molar-refractivity contribution in [1.82, 2.24) is 34.0 Å². The maximum Gasteiger partial charge on any atom is 0.272 e. The maximum atomic E-state index is 12.6. The molecule has 124 valence electrons. The number of fused-ring (bicyclic) bond motifs is 1. The molecule has 0 aromatic carbocycles. The maximum absolute atomic E-state index is 12.6. The fourth-order valence-electron chi connectivity index (χ4n) is 3.00. The zero-order chi connectivity index (χ0) is 16.7. The third-order valence-electron chi connectivity index (χ3n) is 4.29. The molecule has 0 unspecified atom stereocenters. The first-order valence-electron chi connectivity index (χ1n) is 7.81. The quantitative estimate of drug-likeness (QED) is 0.665. The van der Waals surface area contributed by atoms with E-state index in [0.29, 0.717) is 24.6 Å². The third kappa shape index (κ3) is 2.38. The molecule has 3 aromatic heterocycles. The molecule has 9 nitrogen and oxygen atoms in total. The summed E-state index contributed by atoms with van der Waals surface area (Å²) in [6, 6.07) is 2.00. The Balaban J connectivity index is 1.53. The number of hydrogen-bond acceptors (Lipinski definition) is 6. The molecule has 3 aromatic rings. The second-order valence-electron chi connectivity index (χ2n) is 5.90. The molecule has 0 spiro atoms. The lowest BCUT2D eigenvalue weighted by atomic mass is 10.2. The van der Waals surface area contributed by atoms with Gasteiger partial charge in [0.1, 0.15) is 17.8 Å². The van der Waals surface area contributed by atoms with Crippen molar-refractivity contribution >= 4 is 17.5 Å². The lowest BCUT2D eigenvalue weighted by Gasteiger charge is -2.35. The highest BCUT2D eigenvalue weighted by Gasteiger charge is 2.25. The second kappa shape index (κ2) is 5.59. The van der Waals surface area contributed by atoms with Gasteiger partial charge in [0.25, 0.3) is 11.7 Å². The number of anilines is 1. The molecule has 1 fully saturated rings. The van der Waals surface area contributed by atoms with Crippen molar-refractivity contribution in [2.24, 2.45) is 7.05 Å². The van der Waals surface area contributed by atoms with Crippen molar-refractivity contribution < 1.29 is 4.79 Å². The number of aromatic nitrogens is 6. The number of carbonyl (C=O) groups excluding carboxylic acids is 1. The van der Waals surface area contributed by atoms with Crippen LogP contribution in [-0.4, -0.2) is 66.1 Å². The summed E-state index contributed by atoms with van der Waals surface area (Å²) in [5.41, 5.74) is 1.51. The monoisotopic (exact) mass is 326 g/mol. The van der Waals surface area contributed by atoms with Gasteiger partial charge in [-0.3, -0.25) is 4.79 Å². The molecule has 24 heavy (non-hydrogen) atoms. The van der Waals surface area contributed by atoms with Gasteiger partial charge in [0.15, 0.2) is 0 Å². The molecule has 1 saturated heterocycles. The Morgan fingerprint density at radius 1 is 1.21 bits per heavy atom. The van der Waals surface area contributed by atoms with E-state index >= 15 is 0 Å². The summed E-state index contributed by atoms with van der Waals surface area (Å²) in [7, 11) is 1.83. The SMILES string of the molecule is Cc1cc(N2CCN(C(=O)c3cncn3C)CC2)n2ncnc2n1. The van der Waals surface area contributed by atoms with Gasteiger partial charge in [-0.1, -0.05) is 0 Å². The number of piperazine rings is 1. The predicted molar refractivity (Wildman–Crippen MR) is 86.8 cm³/mol. The minimum atomic E-state index is 0.0199. The molecule has 0 bridgehead atoms. The van der Waals surface area contributed by atoms with Crippen LogP contribution in [0.15, 0.2) is 24.9 Å². The van der Waals surface area contributed by atoms with Gasteiger partial charge < -0.3 is 14.4 Å². The van der Waals surface area contributed by atoms with Gasteiger partial charge in [-0.05, 0) is 6.92 Å². The van der Waals surface area contributed by atoms with Gasteiger partial charge >= 0.3 is 0 Å². The lowest BCUT2D eigenvalue weighted by molar-refractivity contribution is 0.0736. The third-order valence-corrected chi connectivity index (χ3v) is 4.29. The molecular weight excluding hydrogens is 308 g/mol. The second-order valence-corrected chi connectivity index (χ2v) is 5.90. The summed E-state index contributed by atoms with van der Waals surface area (Å²) in [6.45, 7) is 4.73. The topological polar surface area (TPSA) is 84.5 Å². The van der Waals surface area contributed by atoms with Crippen LogP contribution in [0.4, 0.5) is 5.82 Å². The van der Waals surface area contributed by atoms with E-state index in [4.69, 9.17) is 0 Å². The Labute approximate surface area is 138 Å². The zero-order valence-corrected chi connectivity index (χ0v) is 13.6. The van der Waals surface area contributed by atoms with E-state index in [0.717, 1.165) is 24.6 Å². The lowest BCUT2D eigenvalue weighted by Crippen LogP contribution is -2.49. The number of nitrogens with zero attached hydrogens (tertiary/aromatic N) is 8. The van der Waals surface area contributed by atoms with Crippen LogP contribution in [0.25, 0.3) is 5.78 Å². The van der Waals surface area contributed by atoms with Gasteiger partial charge in [-0.15, -0.1) is 0 Å². The molecule has 4 heterocycles. The van der Waals surface area contributed by atoms with E-state index in [1.54, 1.807) is 21.6 Å². The molecule has 1 amide bonds. The molecule has 9 heteroatoms. The molecule has 1 aliphatic heterocycles. The normalized spacial score (nSPS) is 15.2. The first kappa shape index (κ1) is 14.6. The van der Waals surface area contributed by atoms with E-state index < -0.39 is 0 Å². The van der Waals surface area contributed by atoms with E-state index in [9.17, 15) is 4.79 Å². The van der Waals surface area contributed by atoms with Gasteiger partial charge in [0.2, 0.25) is 0 Å². The predicted octanol–water partition coefficient (Wildman–Crippen LogP) is 0.129. The summed E-state index contributed by atoms with van der Waals surface area (Å²) in [5, 5.41) is 4.25. The van der Waals surface area contributed by atoms with E-state index in [1.165, 1.54) is 6.33 Å². The van der Waals surface area contributed by atoms with Crippen LogP contribution in [0.2, 0.25) is 0 Å². The fraction of sp³-hybridized carbons (Fsp3) is 0.400. The molecule has 1 aliphatic rings. The summed E-state index contributed by atoms with van der Waals surface area (Å²) in [5.74, 6) is 1.58. The zero-order valence-electron chi connectivity index (χ0n) is 13.6. The first-order valence-corrected chi connectivity index (χ1v) is 7.81. The van der Waals surface area contributed by atoms with Crippen molar-refractivity contribution in [3.05, 3.63) is 36.3 Å². The number of aryl methyl sites for hydroxylation is 2. The molecule has 0 saturated carbocycles. The number of hydrogen-bond donors (Lipinski definition) is 0. The van der Waals surface area contributed by atoms with Crippen molar-refractivity contribution in [3.63, 3.8) is 0 Å². The Bertz CT molecular complexity index is 890. The minimum Gasteiger partial charge on any atom is -0.353 e. The highest BCUT2D eigenvalue weighted by molar-refractivity contribution is 5.92. The Morgan fingerprint density at radius 3 is 2.71 bits per heavy atom. The van der Waals surface area contributed by atoms with Crippen LogP contribution in [0.1, 0.15) is 16.2 Å². The average Bonchev–Trinajstić information content (AvgIpc) is 3.22. The van der Waals surface area contributed by atoms with Crippen LogP contribution < -0.4 is 4.90 Å². The average molecular weight is 326 g/mol. The van der Waals surface area contributed by atoms with Crippen molar-refractivity contribution in [1.29, 1.82) is 0 Å². The van der Waals surface area contributed by atoms with E-state index in [-0.39, 0.29) is 5.91 Å². The van der Waals surface area contributed by atoms with Crippen molar-refractivity contribution in [2.45, 2.75) is 6.92 Å². The molecule has 0 radical (unpaired) electrons. The minimum absolute atomic E-state index is 0.0199. The Kier molecular flexibility index (Phi) is 3.40. The standard InChI is InChI=1S/C15H18N8O/c1-11-7-13(23-15(19-11)17-9-18-23)21-3-5-22(6-4-21)14(24)12-8-16-10-20(12)2/h7-10H,3-6H2,1-2H3. The molecule has 0 aliphatic carbocycles. The highest BCUT2D eigenvalue weighted by Crippen LogP contribution is 2.18. The molecule has 0 N–H and O–H groups in total. The number of imidazole rings is 1. The van der Waals surface area contributed by atoms with E-state index in [1.807, 2.05) is 24.9 Å². The fourth-order valence-corrected chi connectivity index (χ4v) is 3.00. The van der Waals surface area contributed by atoms with Crippen LogP contribution >= 0.6 is 0 Å². The molecular formula is C15H18N8O. The molecule has 4 rings (SSSR count). The van der Waals surface area contributed by atoms with Crippen LogP contribution in [-0.2, 0) is 7.05 Å². The summed E-state index contributed by atoms with van der Waals surface area (Å²) in [6.07, 6.45) is 4.76. The first-order chi connectivity index (χ1) is 11.6. The van der Waals surface area contributed by atoms with Crippen molar-refractivity contribution in [2.75, 3.05) is 31.1 Å².